The zero-order chi connectivity index (χ0) is 13.7. The highest BCUT2D eigenvalue weighted by molar-refractivity contribution is 5.85. The maximum Gasteiger partial charge on any atom is 0.227 e. The van der Waals surface area contributed by atoms with Gasteiger partial charge in [-0.25, -0.2) is 0 Å². The molecule has 0 aromatic heterocycles. The average molecular weight is 252 g/mol. The number of nitriles is 1. The van der Waals surface area contributed by atoms with E-state index in [0.717, 1.165) is 10.9 Å². The van der Waals surface area contributed by atoms with Gasteiger partial charge in [0.2, 0.25) is 5.91 Å². The number of fused-ring (bicyclic) bond motifs is 1. The van der Waals surface area contributed by atoms with Gasteiger partial charge in [-0.15, -0.1) is 0 Å². The van der Waals surface area contributed by atoms with E-state index in [1.165, 1.54) is 5.39 Å². The second-order valence-corrected chi connectivity index (χ2v) is 4.42. The summed E-state index contributed by atoms with van der Waals surface area (Å²) in [7, 11) is 0. The fourth-order valence-corrected chi connectivity index (χ4v) is 2.10. The third-order valence-corrected chi connectivity index (χ3v) is 3.17. The summed E-state index contributed by atoms with van der Waals surface area (Å²) >= 11 is 0. The van der Waals surface area contributed by atoms with E-state index in [1.807, 2.05) is 49.4 Å². The van der Waals surface area contributed by atoms with Crippen molar-refractivity contribution in [2.24, 2.45) is 0 Å². The first-order valence-corrected chi connectivity index (χ1v) is 6.37. The molecular weight excluding hydrogens is 236 g/mol. The Morgan fingerprint density at radius 3 is 2.63 bits per heavy atom. The molecule has 0 spiro atoms. The molecule has 0 aliphatic carbocycles. The van der Waals surface area contributed by atoms with Gasteiger partial charge in [0.15, 0.2) is 0 Å². The van der Waals surface area contributed by atoms with Gasteiger partial charge in [0.25, 0.3) is 0 Å². The normalized spacial score (nSPS) is 10.1. The Bertz CT molecular complexity index is 628. The monoisotopic (exact) mass is 252 g/mol. The number of hydrogen-bond acceptors (Lipinski definition) is 2. The molecule has 0 heterocycles. The van der Waals surface area contributed by atoms with Crippen molar-refractivity contribution in [3.63, 3.8) is 0 Å². The van der Waals surface area contributed by atoms with Crippen LogP contribution < -0.4 is 0 Å². The molecule has 1 amide bonds. The predicted octanol–water partition coefficient (Wildman–Crippen LogP) is 2.75. The second kappa shape index (κ2) is 6.01. The van der Waals surface area contributed by atoms with E-state index in [0.29, 0.717) is 13.0 Å². The minimum absolute atomic E-state index is 0.000619. The fourth-order valence-electron chi connectivity index (χ4n) is 2.10. The van der Waals surface area contributed by atoms with Crippen LogP contribution in [0.15, 0.2) is 42.5 Å². The van der Waals surface area contributed by atoms with Gasteiger partial charge in [0, 0.05) is 6.54 Å². The molecule has 2 aromatic carbocycles. The van der Waals surface area contributed by atoms with Crippen LogP contribution >= 0.6 is 0 Å². The van der Waals surface area contributed by atoms with Crippen LogP contribution in [0, 0.1) is 11.3 Å². The van der Waals surface area contributed by atoms with Crippen LogP contribution in [0.1, 0.15) is 12.5 Å². The molecule has 0 atom stereocenters. The van der Waals surface area contributed by atoms with Crippen LogP contribution in [0.2, 0.25) is 0 Å². The summed E-state index contributed by atoms with van der Waals surface area (Å²) in [6.07, 6.45) is 0.348. The first-order chi connectivity index (χ1) is 9.24. The molecule has 0 aliphatic rings. The molecule has 0 bridgehead atoms. The molecule has 0 radical (unpaired) electrons. The summed E-state index contributed by atoms with van der Waals surface area (Å²) in [5.41, 5.74) is 0.986. The van der Waals surface area contributed by atoms with Gasteiger partial charge in [-0.05, 0) is 23.3 Å². The largest absolute Gasteiger partial charge is 0.329 e. The molecule has 2 rings (SSSR count). The number of likely N-dealkylation sites (N-methyl/N-ethyl adjacent to an activating group) is 1. The number of benzene rings is 2. The highest BCUT2D eigenvalue weighted by atomic mass is 16.2. The average Bonchev–Trinajstić information content (AvgIpc) is 2.44. The van der Waals surface area contributed by atoms with Crippen molar-refractivity contribution >= 4 is 16.7 Å². The lowest BCUT2D eigenvalue weighted by Crippen LogP contribution is -2.32. The first kappa shape index (κ1) is 13.1. The van der Waals surface area contributed by atoms with Gasteiger partial charge in [-0.3, -0.25) is 4.79 Å². The topological polar surface area (TPSA) is 44.1 Å². The van der Waals surface area contributed by atoms with Crippen molar-refractivity contribution in [3.8, 4) is 6.07 Å². The molecule has 96 valence electrons. The Labute approximate surface area is 113 Å². The van der Waals surface area contributed by atoms with Gasteiger partial charge < -0.3 is 4.90 Å². The van der Waals surface area contributed by atoms with E-state index in [2.05, 4.69) is 6.07 Å². The molecule has 2 aromatic rings. The number of nitrogens with zero attached hydrogens (tertiary/aromatic N) is 2. The van der Waals surface area contributed by atoms with Crippen molar-refractivity contribution in [3.05, 3.63) is 48.0 Å². The quantitative estimate of drug-likeness (QED) is 0.785. The second-order valence-electron chi connectivity index (χ2n) is 4.42. The zero-order valence-electron chi connectivity index (χ0n) is 11.0. The van der Waals surface area contributed by atoms with E-state index in [9.17, 15) is 4.79 Å². The minimum atomic E-state index is -0.000619. The number of amides is 1. The summed E-state index contributed by atoms with van der Waals surface area (Å²) in [5.74, 6) is -0.000619. The van der Waals surface area contributed by atoms with Crippen LogP contribution in [0.4, 0.5) is 0 Å². The first-order valence-electron chi connectivity index (χ1n) is 6.37. The van der Waals surface area contributed by atoms with E-state index in [-0.39, 0.29) is 12.5 Å². The van der Waals surface area contributed by atoms with E-state index >= 15 is 0 Å². The van der Waals surface area contributed by atoms with Crippen LogP contribution in [-0.2, 0) is 11.2 Å². The van der Waals surface area contributed by atoms with Crippen molar-refractivity contribution in [2.45, 2.75) is 13.3 Å². The molecular formula is C16H16N2O. The lowest BCUT2D eigenvalue weighted by molar-refractivity contribution is -0.129. The van der Waals surface area contributed by atoms with E-state index < -0.39 is 0 Å². The smallest absolute Gasteiger partial charge is 0.227 e. The van der Waals surface area contributed by atoms with Crippen LogP contribution in [0.3, 0.4) is 0 Å². The Morgan fingerprint density at radius 2 is 1.95 bits per heavy atom. The third kappa shape index (κ3) is 3.11. The van der Waals surface area contributed by atoms with Gasteiger partial charge in [-0.2, -0.15) is 5.26 Å². The molecule has 0 saturated carbocycles. The molecule has 0 unspecified atom stereocenters. The standard InChI is InChI=1S/C16H16N2O/c1-2-18(10-9-17)16(19)12-13-7-8-14-5-3-4-6-15(14)11-13/h3-8,11H,2,10,12H2,1H3. The van der Waals surface area contributed by atoms with Crippen LogP contribution in [-0.4, -0.2) is 23.9 Å². The van der Waals surface area contributed by atoms with Crippen molar-refractivity contribution in [1.29, 1.82) is 5.26 Å². The molecule has 0 saturated heterocycles. The summed E-state index contributed by atoms with van der Waals surface area (Å²) in [5, 5.41) is 11.0. The Kier molecular flexibility index (Phi) is 4.15. The lowest BCUT2D eigenvalue weighted by Gasteiger charge is -2.17. The lowest BCUT2D eigenvalue weighted by atomic mass is 10.0. The molecule has 0 aliphatic heterocycles. The summed E-state index contributed by atoms with van der Waals surface area (Å²) in [6.45, 7) is 2.61. The molecule has 19 heavy (non-hydrogen) atoms. The van der Waals surface area contributed by atoms with Gasteiger partial charge >= 0.3 is 0 Å². The maximum absolute atomic E-state index is 12.0. The number of carbonyl (C=O) groups excluding carboxylic acids is 1. The summed E-state index contributed by atoms with van der Waals surface area (Å²) < 4.78 is 0. The highest BCUT2D eigenvalue weighted by Crippen LogP contribution is 2.16. The highest BCUT2D eigenvalue weighted by Gasteiger charge is 2.11. The number of rotatable bonds is 4. The summed E-state index contributed by atoms with van der Waals surface area (Å²) in [4.78, 5) is 13.6. The van der Waals surface area contributed by atoms with Gasteiger partial charge in [0.1, 0.15) is 6.54 Å². The van der Waals surface area contributed by atoms with Crippen molar-refractivity contribution in [1.82, 2.24) is 4.90 Å². The van der Waals surface area contributed by atoms with Gasteiger partial charge in [-0.1, -0.05) is 42.5 Å². The molecule has 0 fully saturated rings. The van der Waals surface area contributed by atoms with Crippen molar-refractivity contribution < 1.29 is 4.79 Å². The maximum atomic E-state index is 12.0. The third-order valence-electron chi connectivity index (χ3n) is 3.17. The molecule has 0 N–H and O–H groups in total. The van der Waals surface area contributed by atoms with E-state index in [4.69, 9.17) is 5.26 Å². The molecule has 3 heteroatoms. The SMILES string of the molecule is CCN(CC#N)C(=O)Cc1ccc2ccccc2c1. The molecule has 3 nitrogen and oxygen atoms in total. The Hall–Kier alpha value is -2.34. The fraction of sp³-hybridized carbons (Fsp3) is 0.250. The summed E-state index contributed by atoms with van der Waals surface area (Å²) in [6, 6.07) is 16.1. The zero-order valence-corrected chi connectivity index (χ0v) is 11.0. The van der Waals surface area contributed by atoms with Crippen LogP contribution in [0.25, 0.3) is 10.8 Å². The Morgan fingerprint density at radius 1 is 1.21 bits per heavy atom. The van der Waals surface area contributed by atoms with Gasteiger partial charge in [0.05, 0.1) is 12.5 Å². The Balaban J connectivity index is 2.17. The van der Waals surface area contributed by atoms with Crippen LogP contribution in [0.5, 0.6) is 0 Å². The number of hydrogen-bond donors (Lipinski definition) is 0. The number of carbonyl (C=O) groups is 1. The minimum Gasteiger partial charge on any atom is -0.329 e. The van der Waals surface area contributed by atoms with Crippen molar-refractivity contribution in [2.75, 3.05) is 13.1 Å². The van der Waals surface area contributed by atoms with E-state index in [1.54, 1.807) is 4.90 Å². The predicted molar refractivity (Wildman–Crippen MR) is 75.5 cm³/mol.